The minimum absolute atomic E-state index is 0.122. The fourth-order valence-electron chi connectivity index (χ4n) is 3.64. The van der Waals surface area contributed by atoms with Crippen LogP contribution in [0.2, 0.25) is 0 Å². The Labute approximate surface area is 163 Å². The van der Waals surface area contributed by atoms with Crippen molar-refractivity contribution >= 4 is 16.6 Å². The average Bonchev–Trinajstić information content (AvgIpc) is 2.70. The van der Waals surface area contributed by atoms with Gasteiger partial charge in [-0.25, -0.2) is 4.39 Å². The van der Waals surface area contributed by atoms with Gasteiger partial charge in [-0.15, -0.1) is 0 Å². The van der Waals surface area contributed by atoms with Crippen molar-refractivity contribution in [2.24, 2.45) is 0 Å². The maximum atomic E-state index is 15.0. The van der Waals surface area contributed by atoms with Crippen LogP contribution in [0.5, 0.6) is 0 Å². The lowest BCUT2D eigenvalue weighted by atomic mass is 10.1. The number of pyridine rings is 1. The van der Waals surface area contributed by atoms with E-state index in [9.17, 15) is 14.3 Å². The van der Waals surface area contributed by atoms with Gasteiger partial charge in [0, 0.05) is 52.0 Å². The van der Waals surface area contributed by atoms with Crippen molar-refractivity contribution in [3.8, 4) is 0 Å². The molecule has 2 heterocycles. The van der Waals surface area contributed by atoms with Crippen molar-refractivity contribution < 1.29 is 19.0 Å². The fourth-order valence-corrected chi connectivity index (χ4v) is 3.64. The summed E-state index contributed by atoms with van der Waals surface area (Å²) in [5.74, 6) is -0.430. The number of nitrogens with zero attached hydrogens (tertiary/aromatic N) is 3. The first-order valence-corrected chi connectivity index (χ1v) is 9.39. The molecule has 0 aliphatic carbocycles. The number of aliphatic hydroxyl groups is 1. The summed E-state index contributed by atoms with van der Waals surface area (Å²) in [6.07, 6.45) is 0.768. The molecular formula is C20H28FN3O4. The van der Waals surface area contributed by atoms with Gasteiger partial charge in [0.2, 0.25) is 0 Å². The lowest BCUT2D eigenvalue weighted by Gasteiger charge is -2.34. The molecule has 0 radical (unpaired) electrons. The van der Waals surface area contributed by atoms with Crippen molar-refractivity contribution in [3.05, 3.63) is 39.9 Å². The number of hydrogen-bond acceptors (Lipinski definition) is 6. The highest BCUT2D eigenvalue weighted by atomic mass is 19.1. The molecule has 0 saturated carbocycles. The van der Waals surface area contributed by atoms with Crippen LogP contribution in [0.4, 0.5) is 10.1 Å². The van der Waals surface area contributed by atoms with Crippen molar-refractivity contribution in [2.45, 2.75) is 19.3 Å². The molecule has 8 heteroatoms. The molecule has 1 N–H and O–H groups in total. The Balaban J connectivity index is 2.21. The molecule has 154 valence electrons. The van der Waals surface area contributed by atoms with Crippen LogP contribution < -0.4 is 10.3 Å². The molecule has 1 aromatic heterocycles. The zero-order valence-corrected chi connectivity index (χ0v) is 16.8. The summed E-state index contributed by atoms with van der Waals surface area (Å²) in [6, 6.07) is 2.70. The molecule has 3 rings (SSSR count). The molecule has 0 amide bonds. The molecule has 2 aromatic rings. The highest BCUT2D eigenvalue weighted by molar-refractivity contribution is 5.84. The number of fused-ring (bicyclic) bond motifs is 1. The number of anilines is 1. The largest absolute Gasteiger partial charge is 0.394 e. The van der Waals surface area contributed by atoms with Crippen molar-refractivity contribution in [1.82, 2.24) is 9.47 Å². The molecule has 0 spiro atoms. The normalized spacial score (nSPS) is 16.9. The van der Waals surface area contributed by atoms with Gasteiger partial charge in [0.15, 0.2) is 11.7 Å². The smallest absolute Gasteiger partial charge is 0.197 e. The van der Waals surface area contributed by atoms with E-state index in [4.69, 9.17) is 9.47 Å². The second-order valence-corrected chi connectivity index (χ2v) is 7.27. The van der Waals surface area contributed by atoms with E-state index in [1.165, 1.54) is 20.3 Å². The van der Waals surface area contributed by atoms with Gasteiger partial charge in [-0.3, -0.25) is 4.79 Å². The summed E-state index contributed by atoms with van der Waals surface area (Å²) >= 11 is 0. The first kappa shape index (κ1) is 20.7. The van der Waals surface area contributed by atoms with E-state index in [0.29, 0.717) is 24.3 Å². The molecular weight excluding hydrogens is 365 g/mol. The third-order valence-corrected chi connectivity index (χ3v) is 5.39. The first-order chi connectivity index (χ1) is 13.4. The third-order valence-electron chi connectivity index (χ3n) is 5.39. The van der Waals surface area contributed by atoms with E-state index in [2.05, 4.69) is 4.90 Å². The molecule has 1 aliphatic heterocycles. The Morgan fingerprint density at radius 3 is 2.39 bits per heavy atom. The van der Waals surface area contributed by atoms with Crippen LogP contribution in [0.25, 0.3) is 10.9 Å². The van der Waals surface area contributed by atoms with Crippen molar-refractivity contribution in [1.29, 1.82) is 0 Å². The number of aromatic nitrogens is 1. The molecule has 0 bridgehead atoms. The SMILES string of the molecule is COC(OC)c1cn(C(C)CO)c2cc(N3CCN(C)CC3)c(F)cc2c1=O. The number of likely N-dealkylation sites (N-methyl/N-ethyl adjacent to an activating group) is 1. The van der Waals surface area contributed by atoms with E-state index >= 15 is 0 Å². The van der Waals surface area contributed by atoms with Crippen molar-refractivity contribution in [2.75, 3.05) is 59.0 Å². The van der Waals surface area contributed by atoms with E-state index < -0.39 is 12.1 Å². The van der Waals surface area contributed by atoms with Crippen LogP contribution in [-0.2, 0) is 9.47 Å². The lowest BCUT2D eigenvalue weighted by molar-refractivity contribution is -0.106. The lowest BCUT2D eigenvalue weighted by Crippen LogP contribution is -2.44. The summed E-state index contributed by atoms with van der Waals surface area (Å²) in [6.45, 7) is 4.84. The molecule has 1 aromatic carbocycles. The van der Waals surface area contributed by atoms with Gasteiger partial charge >= 0.3 is 0 Å². The average molecular weight is 393 g/mol. The van der Waals surface area contributed by atoms with Gasteiger partial charge in [0.05, 0.1) is 29.4 Å². The summed E-state index contributed by atoms with van der Waals surface area (Å²) in [7, 11) is 4.92. The van der Waals surface area contributed by atoms with Gasteiger partial charge in [0.1, 0.15) is 5.82 Å². The zero-order valence-electron chi connectivity index (χ0n) is 16.8. The predicted molar refractivity (Wildman–Crippen MR) is 106 cm³/mol. The zero-order chi connectivity index (χ0) is 20.4. The summed E-state index contributed by atoms with van der Waals surface area (Å²) < 4.78 is 27.2. The molecule has 1 atom stereocenters. The van der Waals surface area contributed by atoms with E-state index in [1.807, 2.05) is 18.9 Å². The maximum absolute atomic E-state index is 15.0. The van der Waals surface area contributed by atoms with E-state index in [0.717, 1.165) is 13.1 Å². The predicted octanol–water partition coefficient (Wildman–Crippen LogP) is 1.74. The van der Waals surface area contributed by atoms with Crippen LogP contribution >= 0.6 is 0 Å². The highest BCUT2D eigenvalue weighted by Gasteiger charge is 2.23. The Morgan fingerprint density at radius 2 is 1.82 bits per heavy atom. The van der Waals surface area contributed by atoms with Crippen LogP contribution in [0.15, 0.2) is 23.1 Å². The highest BCUT2D eigenvalue weighted by Crippen LogP contribution is 2.29. The summed E-state index contributed by atoms with van der Waals surface area (Å²) in [5.41, 5.74) is 0.983. The molecule has 1 fully saturated rings. The summed E-state index contributed by atoms with van der Waals surface area (Å²) in [5, 5.41) is 9.95. The second kappa shape index (κ2) is 8.57. The van der Waals surface area contributed by atoms with Gasteiger partial charge < -0.3 is 28.9 Å². The number of ether oxygens (including phenoxy) is 2. The number of hydrogen-bond donors (Lipinski definition) is 1. The molecule has 1 unspecified atom stereocenters. The minimum Gasteiger partial charge on any atom is -0.394 e. The molecule has 28 heavy (non-hydrogen) atoms. The van der Waals surface area contributed by atoms with E-state index in [-0.39, 0.29) is 29.0 Å². The number of benzene rings is 1. The van der Waals surface area contributed by atoms with Crippen LogP contribution in [0.3, 0.4) is 0 Å². The van der Waals surface area contributed by atoms with Gasteiger partial charge in [0.25, 0.3) is 0 Å². The quantitative estimate of drug-likeness (QED) is 0.754. The Kier molecular flexibility index (Phi) is 6.34. The first-order valence-electron chi connectivity index (χ1n) is 9.39. The number of methoxy groups -OCH3 is 2. The third kappa shape index (κ3) is 3.77. The van der Waals surface area contributed by atoms with Crippen LogP contribution in [0, 0.1) is 5.82 Å². The fraction of sp³-hybridized carbons (Fsp3) is 0.550. The number of halogens is 1. The second-order valence-electron chi connectivity index (χ2n) is 7.27. The number of aliphatic hydroxyl groups excluding tert-OH is 1. The molecule has 1 aliphatic rings. The van der Waals surface area contributed by atoms with Gasteiger partial charge in [-0.1, -0.05) is 0 Å². The Morgan fingerprint density at radius 1 is 1.18 bits per heavy atom. The Bertz CT molecular complexity index is 889. The Hall–Kier alpha value is -2.00. The molecule has 1 saturated heterocycles. The van der Waals surface area contributed by atoms with Crippen LogP contribution in [-0.4, -0.2) is 68.6 Å². The number of rotatable bonds is 6. The molecule has 7 nitrogen and oxygen atoms in total. The van der Waals surface area contributed by atoms with Gasteiger partial charge in [-0.2, -0.15) is 0 Å². The summed E-state index contributed by atoms with van der Waals surface area (Å²) in [4.78, 5) is 17.2. The van der Waals surface area contributed by atoms with E-state index in [1.54, 1.807) is 16.8 Å². The standard InChI is InChI=1S/C20H28FN3O4/c1-13(12-25)24-11-15(20(27-3)28-4)19(26)14-9-16(21)18(10-17(14)24)23-7-5-22(2)6-8-23/h9-11,13,20,25H,5-8,12H2,1-4H3. The maximum Gasteiger partial charge on any atom is 0.197 e. The monoisotopic (exact) mass is 393 g/mol. The minimum atomic E-state index is -0.866. The number of piperazine rings is 1. The van der Waals surface area contributed by atoms with Gasteiger partial charge in [-0.05, 0) is 26.1 Å². The topological polar surface area (TPSA) is 67.2 Å². The van der Waals surface area contributed by atoms with Crippen LogP contribution in [0.1, 0.15) is 24.8 Å². The van der Waals surface area contributed by atoms with Crippen molar-refractivity contribution in [3.63, 3.8) is 0 Å².